The summed E-state index contributed by atoms with van der Waals surface area (Å²) in [7, 11) is 0. The van der Waals surface area contributed by atoms with E-state index in [0.29, 0.717) is 16.3 Å². The highest BCUT2D eigenvalue weighted by molar-refractivity contribution is 6.36. The van der Waals surface area contributed by atoms with Gasteiger partial charge in [0.05, 0.1) is 16.8 Å². The summed E-state index contributed by atoms with van der Waals surface area (Å²) in [5, 5.41) is 4.60. The molecule has 146 valence electrons. The van der Waals surface area contributed by atoms with Crippen molar-refractivity contribution in [3.63, 3.8) is 0 Å². The van der Waals surface area contributed by atoms with Crippen LogP contribution in [0.1, 0.15) is 31.8 Å². The first-order valence-corrected chi connectivity index (χ1v) is 9.35. The zero-order valence-corrected chi connectivity index (χ0v) is 16.9. The Hall–Kier alpha value is -3.15. The van der Waals surface area contributed by atoms with E-state index in [2.05, 4.69) is 10.5 Å². The molecule has 0 saturated heterocycles. The van der Waals surface area contributed by atoms with Crippen molar-refractivity contribution in [2.45, 2.75) is 6.92 Å². The van der Waals surface area contributed by atoms with Crippen molar-refractivity contribution in [2.75, 3.05) is 0 Å². The number of nitrogens with one attached hydrogen (secondary N) is 1. The zero-order valence-electron chi connectivity index (χ0n) is 15.4. The largest absolute Gasteiger partial charge is 0.423 e. The Kier molecular flexibility index (Phi) is 6.65. The molecule has 5 nitrogen and oxygen atoms in total. The average Bonchev–Trinajstić information content (AvgIpc) is 2.69. The molecule has 1 N–H and O–H groups in total. The first kappa shape index (κ1) is 20.6. The number of hydrogen-bond donors (Lipinski definition) is 1. The number of amides is 1. The summed E-state index contributed by atoms with van der Waals surface area (Å²) in [6.07, 6.45) is 1.50. The zero-order chi connectivity index (χ0) is 20.8. The van der Waals surface area contributed by atoms with E-state index in [1.165, 1.54) is 18.3 Å². The minimum absolute atomic E-state index is 0.218. The van der Waals surface area contributed by atoms with Crippen molar-refractivity contribution in [2.24, 2.45) is 5.10 Å². The Labute approximate surface area is 177 Å². The van der Waals surface area contributed by atoms with Crippen molar-refractivity contribution in [1.82, 2.24) is 5.43 Å². The lowest BCUT2D eigenvalue weighted by atomic mass is 10.1. The lowest BCUT2D eigenvalue weighted by Crippen LogP contribution is -2.17. The van der Waals surface area contributed by atoms with E-state index in [4.69, 9.17) is 27.9 Å². The predicted molar refractivity (Wildman–Crippen MR) is 114 cm³/mol. The van der Waals surface area contributed by atoms with Gasteiger partial charge in [0.15, 0.2) is 0 Å². The molecular formula is C22H16Cl2N2O3. The maximum Gasteiger partial charge on any atom is 0.345 e. The molecule has 0 bridgehead atoms. The molecule has 7 heteroatoms. The van der Waals surface area contributed by atoms with E-state index in [0.717, 1.165) is 11.1 Å². The monoisotopic (exact) mass is 426 g/mol. The average molecular weight is 427 g/mol. The topological polar surface area (TPSA) is 67.8 Å². The molecule has 0 aromatic heterocycles. The first-order chi connectivity index (χ1) is 13.9. The number of esters is 1. The number of halogens is 2. The standard InChI is InChI=1S/C22H16Cl2N2O3/c1-14-3-2-4-16(11-14)21(27)26-25-13-15-5-8-18(9-6-15)29-22(28)19-10-7-17(23)12-20(19)24/h2-13H,1H3,(H,26,27)/b25-13-. The Morgan fingerprint density at radius 1 is 1.00 bits per heavy atom. The van der Waals surface area contributed by atoms with Crippen molar-refractivity contribution >= 4 is 41.3 Å². The number of carbonyl (C=O) groups excluding carboxylic acids is 2. The van der Waals surface area contributed by atoms with E-state index < -0.39 is 5.97 Å². The highest BCUT2D eigenvalue weighted by Crippen LogP contribution is 2.23. The smallest absolute Gasteiger partial charge is 0.345 e. The minimum Gasteiger partial charge on any atom is -0.423 e. The Bertz CT molecular complexity index is 1080. The lowest BCUT2D eigenvalue weighted by Gasteiger charge is -2.06. The number of nitrogens with zero attached hydrogens (tertiary/aromatic N) is 1. The highest BCUT2D eigenvalue weighted by Gasteiger charge is 2.13. The Morgan fingerprint density at radius 3 is 2.45 bits per heavy atom. The molecule has 0 saturated carbocycles. The fraction of sp³-hybridized carbons (Fsp3) is 0.0455. The molecule has 0 heterocycles. The highest BCUT2D eigenvalue weighted by atomic mass is 35.5. The quantitative estimate of drug-likeness (QED) is 0.261. The molecule has 0 radical (unpaired) electrons. The molecule has 0 spiro atoms. The van der Waals surface area contributed by atoms with Gasteiger partial charge in [-0.05, 0) is 67.1 Å². The van der Waals surface area contributed by atoms with Crippen LogP contribution in [0.5, 0.6) is 5.75 Å². The lowest BCUT2D eigenvalue weighted by molar-refractivity contribution is 0.0734. The number of rotatable bonds is 5. The van der Waals surface area contributed by atoms with Crippen molar-refractivity contribution in [3.8, 4) is 5.75 Å². The van der Waals surface area contributed by atoms with Crippen molar-refractivity contribution < 1.29 is 14.3 Å². The number of benzene rings is 3. The summed E-state index contributed by atoms with van der Waals surface area (Å²) in [5.41, 5.74) is 4.94. The molecule has 0 atom stereocenters. The summed E-state index contributed by atoms with van der Waals surface area (Å²) in [4.78, 5) is 24.3. The van der Waals surface area contributed by atoms with Crippen LogP contribution in [0.15, 0.2) is 71.8 Å². The molecule has 0 aliphatic carbocycles. The third-order valence-corrected chi connectivity index (χ3v) is 4.45. The third-order valence-electron chi connectivity index (χ3n) is 3.90. The Balaban J connectivity index is 1.59. The molecular weight excluding hydrogens is 411 g/mol. The van der Waals surface area contributed by atoms with Crippen LogP contribution >= 0.6 is 23.2 Å². The third kappa shape index (κ3) is 5.67. The van der Waals surface area contributed by atoms with Gasteiger partial charge in [0, 0.05) is 10.6 Å². The van der Waals surface area contributed by atoms with Gasteiger partial charge >= 0.3 is 5.97 Å². The van der Waals surface area contributed by atoms with Gasteiger partial charge in [0.2, 0.25) is 0 Å². The fourth-order valence-electron chi connectivity index (χ4n) is 2.46. The normalized spacial score (nSPS) is 10.7. The van der Waals surface area contributed by atoms with E-state index in [1.54, 1.807) is 42.5 Å². The molecule has 1 amide bonds. The molecule has 0 fully saturated rings. The minimum atomic E-state index is -0.585. The molecule has 29 heavy (non-hydrogen) atoms. The number of carbonyl (C=O) groups is 2. The molecule has 0 aliphatic rings. The number of ether oxygens (including phenoxy) is 1. The van der Waals surface area contributed by atoms with E-state index >= 15 is 0 Å². The second-order valence-electron chi connectivity index (χ2n) is 6.15. The van der Waals surface area contributed by atoms with Crippen LogP contribution in [0.25, 0.3) is 0 Å². The fourth-order valence-corrected chi connectivity index (χ4v) is 2.94. The number of aryl methyl sites for hydroxylation is 1. The van der Waals surface area contributed by atoms with Crippen LogP contribution in [-0.2, 0) is 0 Å². The van der Waals surface area contributed by atoms with Crippen LogP contribution in [-0.4, -0.2) is 18.1 Å². The van der Waals surface area contributed by atoms with Gasteiger partial charge in [-0.25, -0.2) is 10.2 Å². The summed E-state index contributed by atoms with van der Waals surface area (Å²) in [6.45, 7) is 1.91. The van der Waals surface area contributed by atoms with Gasteiger partial charge < -0.3 is 4.74 Å². The number of hydrazone groups is 1. The molecule has 3 aromatic rings. The van der Waals surface area contributed by atoms with Crippen molar-refractivity contribution in [1.29, 1.82) is 0 Å². The van der Waals surface area contributed by atoms with E-state index in [1.807, 2.05) is 19.1 Å². The maximum atomic E-state index is 12.2. The molecule has 0 unspecified atom stereocenters. The summed E-state index contributed by atoms with van der Waals surface area (Å²) in [5.74, 6) is -0.532. The van der Waals surface area contributed by atoms with Gasteiger partial charge in [-0.3, -0.25) is 4.79 Å². The maximum absolute atomic E-state index is 12.2. The van der Waals surface area contributed by atoms with Crippen LogP contribution in [0.2, 0.25) is 10.0 Å². The SMILES string of the molecule is Cc1cccc(C(=O)N/N=C\c2ccc(OC(=O)c3ccc(Cl)cc3Cl)cc2)c1. The van der Waals surface area contributed by atoms with Crippen LogP contribution < -0.4 is 10.2 Å². The summed E-state index contributed by atoms with van der Waals surface area (Å²) < 4.78 is 5.31. The summed E-state index contributed by atoms with van der Waals surface area (Å²) >= 11 is 11.8. The van der Waals surface area contributed by atoms with Gasteiger partial charge in [-0.2, -0.15) is 5.10 Å². The van der Waals surface area contributed by atoms with Crippen molar-refractivity contribution in [3.05, 3.63) is 99.0 Å². The molecule has 0 aliphatic heterocycles. The van der Waals surface area contributed by atoms with Gasteiger partial charge in [-0.15, -0.1) is 0 Å². The van der Waals surface area contributed by atoms with Crippen LogP contribution in [0, 0.1) is 6.92 Å². The van der Waals surface area contributed by atoms with E-state index in [9.17, 15) is 9.59 Å². The predicted octanol–water partition coefficient (Wildman–Crippen LogP) is 5.28. The molecule has 3 aromatic carbocycles. The van der Waals surface area contributed by atoms with Crippen LogP contribution in [0.3, 0.4) is 0 Å². The van der Waals surface area contributed by atoms with Gasteiger partial charge in [0.1, 0.15) is 5.75 Å². The van der Waals surface area contributed by atoms with E-state index in [-0.39, 0.29) is 16.5 Å². The van der Waals surface area contributed by atoms with Gasteiger partial charge in [-0.1, -0.05) is 40.9 Å². The Morgan fingerprint density at radius 2 is 1.76 bits per heavy atom. The summed E-state index contributed by atoms with van der Waals surface area (Å²) in [6, 6.07) is 18.4. The second kappa shape index (κ2) is 9.37. The van der Waals surface area contributed by atoms with Gasteiger partial charge in [0.25, 0.3) is 5.91 Å². The van der Waals surface area contributed by atoms with Crippen LogP contribution in [0.4, 0.5) is 0 Å². The molecule has 3 rings (SSSR count). The first-order valence-electron chi connectivity index (χ1n) is 8.60. The number of hydrogen-bond acceptors (Lipinski definition) is 4. The second-order valence-corrected chi connectivity index (χ2v) is 6.99.